The van der Waals surface area contributed by atoms with Crippen LogP contribution in [0.3, 0.4) is 0 Å². The molecule has 1 N–H and O–H groups in total. The van der Waals surface area contributed by atoms with Crippen molar-refractivity contribution in [3.63, 3.8) is 0 Å². The molecule has 0 aliphatic rings. The van der Waals surface area contributed by atoms with Gasteiger partial charge < -0.3 is 4.74 Å². The number of benzene rings is 1. The first-order valence-electron chi connectivity index (χ1n) is 6.25. The molecule has 0 spiro atoms. The number of ether oxygens (including phenoxy) is 1. The van der Waals surface area contributed by atoms with E-state index in [0.717, 1.165) is 17.7 Å². The van der Waals surface area contributed by atoms with E-state index in [0.29, 0.717) is 25.4 Å². The fourth-order valence-electron chi connectivity index (χ4n) is 1.56. The number of hydrogen-bond donors (Lipinski definition) is 2. The summed E-state index contributed by atoms with van der Waals surface area (Å²) in [6, 6.07) is 7.90. The molecule has 0 aromatic heterocycles. The number of thiol groups is 1. The number of Topliss-reactive ketones (excluding diaryl/α,β-unsaturated/α-hetero) is 1. The highest BCUT2D eigenvalue weighted by molar-refractivity contribution is 7.78. The zero-order valence-corrected chi connectivity index (χ0v) is 11.9. The van der Waals surface area contributed by atoms with Crippen LogP contribution in [-0.4, -0.2) is 18.9 Å². The number of ketones is 1. The van der Waals surface area contributed by atoms with Crippen LogP contribution in [0.1, 0.15) is 25.8 Å². The molecule has 0 unspecified atom stereocenters. The van der Waals surface area contributed by atoms with Crippen LogP contribution in [0.5, 0.6) is 5.75 Å². The lowest BCUT2D eigenvalue weighted by Gasteiger charge is -2.08. The first kappa shape index (κ1) is 15.1. The number of aryl methyl sites for hydroxylation is 1. The third kappa shape index (κ3) is 5.56. The third-order valence-corrected chi connectivity index (χ3v) is 2.91. The topological polar surface area (TPSA) is 38.3 Å². The second-order valence-corrected chi connectivity index (χ2v) is 4.84. The molecule has 4 heteroatoms. The summed E-state index contributed by atoms with van der Waals surface area (Å²) in [7, 11) is 0. The van der Waals surface area contributed by atoms with Crippen LogP contribution in [-0.2, 0) is 11.2 Å². The highest BCUT2D eigenvalue weighted by atomic mass is 32.1. The molecule has 1 aromatic rings. The van der Waals surface area contributed by atoms with Gasteiger partial charge in [0.05, 0.1) is 0 Å². The SMILES string of the molecule is CC(C)C(=O)CCc1cccc(OCCNS)c1. The van der Waals surface area contributed by atoms with Gasteiger partial charge in [-0.05, 0) is 24.1 Å². The maximum absolute atomic E-state index is 11.6. The Morgan fingerprint density at radius 3 is 2.89 bits per heavy atom. The molecule has 0 saturated carbocycles. The molecule has 0 aliphatic heterocycles. The van der Waals surface area contributed by atoms with Gasteiger partial charge in [0.2, 0.25) is 0 Å². The largest absolute Gasteiger partial charge is 0.492 e. The average molecular weight is 267 g/mol. The lowest BCUT2D eigenvalue weighted by atomic mass is 10.0. The quantitative estimate of drug-likeness (QED) is 0.562. The second kappa shape index (κ2) is 8.16. The van der Waals surface area contributed by atoms with Crippen LogP contribution in [0.2, 0.25) is 0 Å². The van der Waals surface area contributed by atoms with E-state index >= 15 is 0 Å². The molecule has 100 valence electrons. The van der Waals surface area contributed by atoms with Crippen LogP contribution >= 0.6 is 12.8 Å². The molecule has 18 heavy (non-hydrogen) atoms. The molecule has 0 aliphatic carbocycles. The van der Waals surface area contributed by atoms with Gasteiger partial charge in [0.15, 0.2) is 0 Å². The summed E-state index contributed by atoms with van der Waals surface area (Å²) in [5.41, 5.74) is 1.14. The minimum atomic E-state index is 0.117. The predicted molar refractivity (Wildman–Crippen MR) is 77.1 cm³/mol. The highest BCUT2D eigenvalue weighted by Gasteiger charge is 2.07. The fraction of sp³-hybridized carbons (Fsp3) is 0.500. The van der Waals surface area contributed by atoms with Crippen molar-refractivity contribution in [3.8, 4) is 5.75 Å². The summed E-state index contributed by atoms with van der Waals surface area (Å²) >= 11 is 3.89. The number of rotatable bonds is 8. The first-order chi connectivity index (χ1) is 8.63. The Hall–Kier alpha value is -1.00. The van der Waals surface area contributed by atoms with E-state index in [1.54, 1.807) is 0 Å². The van der Waals surface area contributed by atoms with Crippen molar-refractivity contribution in [3.05, 3.63) is 29.8 Å². The van der Waals surface area contributed by atoms with Crippen molar-refractivity contribution < 1.29 is 9.53 Å². The lowest BCUT2D eigenvalue weighted by molar-refractivity contribution is -0.121. The monoisotopic (exact) mass is 267 g/mol. The van der Waals surface area contributed by atoms with Gasteiger partial charge in [0.25, 0.3) is 0 Å². The fourth-order valence-corrected chi connectivity index (χ4v) is 1.65. The first-order valence-corrected chi connectivity index (χ1v) is 6.69. The average Bonchev–Trinajstić information content (AvgIpc) is 2.36. The Morgan fingerprint density at radius 2 is 2.22 bits per heavy atom. The van der Waals surface area contributed by atoms with Gasteiger partial charge in [-0.3, -0.25) is 9.52 Å². The Bertz CT molecular complexity index is 380. The van der Waals surface area contributed by atoms with E-state index in [4.69, 9.17) is 4.74 Å². The molecule has 0 atom stereocenters. The van der Waals surface area contributed by atoms with E-state index < -0.39 is 0 Å². The standard InChI is InChI=1S/C14H21NO2S/c1-11(2)14(16)7-6-12-4-3-5-13(10-12)17-9-8-15-18/h3-5,10-11,15,18H,6-9H2,1-2H3. The Balaban J connectivity index is 2.46. The van der Waals surface area contributed by atoms with Gasteiger partial charge in [-0.1, -0.05) is 38.8 Å². The minimum absolute atomic E-state index is 0.117. The summed E-state index contributed by atoms with van der Waals surface area (Å²) < 4.78 is 8.27. The van der Waals surface area contributed by atoms with E-state index in [1.807, 2.05) is 38.1 Å². The molecule has 0 heterocycles. The van der Waals surface area contributed by atoms with Gasteiger partial charge >= 0.3 is 0 Å². The van der Waals surface area contributed by atoms with Crippen LogP contribution in [0.4, 0.5) is 0 Å². The highest BCUT2D eigenvalue weighted by Crippen LogP contribution is 2.15. The van der Waals surface area contributed by atoms with Crippen molar-refractivity contribution in [1.82, 2.24) is 4.72 Å². The molecule has 0 radical (unpaired) electrons. The van der Waals surface area contributed by atoms with Gasteiger partial charge in [-0.2, -0.15) is 0 Å². The molecule has 0 amide bonds. The predicted octanol–water partition coefficient (Wildman–Crippen LogP) is 2.66. The maximum Gasteiger partial charge on any atom is 0.135 e. The van der Waals surface area contributed by atoms with Gasteiger partial charge in [-0.15, -0.1) is 0 Å². The Kier molecular flexibility index (Phi) is 6.83. The van der Waals surface area contributed by atoms with Gasteiger partial charge in [0, 0.05) is 18.9 Å². The van der Waals surface area contributed by atoms with Gasteiger partial charge in [-0.25, -0.2) is 0 Å². The molecule has 0 saturated heterocycles. The minimum Gasteiger partial charge on any atom is -0.492 e. The van der Waals surface area contributed by atoms with E-state index in [9.17, 15) is 4.79 Å². The van der Waals surface area contributed by atoms with E-state index in [-0.39, 0.29) is 5.92 Å². The number of carbonyl (C=O) groups excluding carboxylic acids is 1. The molecule has 1 aromatic carbocycles. The smallest absolute Gasteiger partial charge is 0.135 e. The van der Waals surface area contributed by atoms with Crippen molar-refractivity contribution in [2.24, 2.45) is 5.92 Å². The Labute approximate surface area is 114 Å². The van der Waals surface area contributed by atoms with Crippen LogP contribution in [0.15, 0.2) is 24.3 Å². The van der Waals surface area contributed by atoms with Gasteiger partial charge in [0.1, 0.15) is 18.1 Å². The Morgan fingerprint density at radius 1 is 1.44 bits per heavy atom. The van der Waals surface area contributed by atoms with Crippen molar-refractivity contribution in [1.29, 1.82) is 0 Å². The zero-order chi connectivity index (χ0) is 13.4. The number of hydrogen-bond acceptors (Lipinski definition) is 4. The third-order valence-electron chi connectivity index (χ3n) is 2.69. The van der Waals surface area contributed by atoms with Crippen molar-refractivity contribution in [2.75, 3.05) is 13.2 Å². The van der Waals surface area contributed by atoms with Crippen LogP contribution in [0, 0.1) is 5.92 Å². The summed E-state index contributed by atoms with van der Waals surface area (Å²) in [5, 5.41) is 0. The van der Waals surface area contributed by atoms with E-state index in [2.05, 4.69) is 17.5 Å². The normalized spacial score (nSPS) is 10.7. The van der Waals surface area contributed by atoms with Crippen molar-refractivity contribution in [2.45, 2.75) is 26.7 Å². The summed E-state index contributed by atoms with van der Waals surface area (Å²) in [5.74, 6) is 1.26. The lowest BCUT2D eigenvalue weighted by Crippen LogP contribution is -2.12. The molecule has 0 bridgehead atoms. The summed E-state index contributed by atoms with van der Waals surface area (Å²) in [6.07, 6.45) is 1.37. The second-order valence-electron chi connectivity index (χ2n) is 4.52. The van der Waals surface area contributed by atoms with E-state index in [1.165, 1.54) is 0 Å². The molecule has 1 rings (SSSR count). The number of nitrogens with one attached hydrogen (secondary N) is 1. The van der Waals surface area contributed by atoms with Crippen LogP contribution in [0.25, 0.3) is 0 Å². The molecular formula is C14H21NO2S. The van der Waals surface area contributed by atoms with Crippen LogP contribution < -0.4 is 9.46 Å². The molecule has 3 nitrogen and oxygen atoms in total. The number of carbonyl (C=O) groups is 1. The summed E-state index contributed by atoms with van der Waals surface area (Å²) in [4.78, 5) is 11.6. The molecular weight excluding hydrogens is 246 g/mol. The molecule has 0 fully saturated rings. The summed E-state index contributed by atoms with van der Waals surface area (Å²) in [6.45, 7) is 5.15. The maximum atomic E-state index is 11.6. The van der Waals surface area contributed by atoms with Crippen molar-refractivity contribution >= 4 is 18.6 Å². The zero-order valence-electron chi connectivity index (χ0n) is 11.0.